The number of aryl methyl sites for hydroxylation is 2. The number of rotatable bonds is 4. The SMILES string of the molecule is Cc1cc(C)cc(Nc2ccnc(N3CCN(c4ccccc4)CC3)n2)c1. The molecular weight excluding hydrogens is 334 g/mol. The van der Waals surface area contributed by atoms with Gasteiger partial charge >= 0.3 is 0 Å². The molecule has 138 valence electrons. The Balaban J connectivity index is 1.44. The smallest absolute Gasteiger partial charge is 0.227 e. The first kappa shape index (κ1) is 17.3. The van der Waals surface area contributed by atoms with Crippen molar-refractivity contribution in [3.8, 4) is 0 Å². The zero-order chi connectivity index (χ0) is 18.6. The first-order chi connectivity index (χ1) is 13.2. The Morgan fingerprint density at radius 1 is 0.815 bits per heavy atom. The summed E-state index contributed by atoms with van der Waals surface area (Å²) in [4.78, 5) is 13.9. The van der Waals surface area contributed by atoms with Gasteiger partial charge in [0.2, 0.25) is 5.95 Å². The minimum atomic E-state index is 0.789. The van der Waals surface area contributed by atoms with E-state index in [9.17, 15) is 0 Å². The van der Waals surface area contributed by atoms with Crippen LogP contribution in [0.3, 0.4) is 0 Å². The van der Waals surface area contributed by atoms with Gasteiger partial charge in [0.15, 0.2) is 0 Å². The first-order valence-corrected chi connectivity index (χ1v) is 9.41. The van der Waals surface area contributed by atoms with Gasteiger partial charge in [-0.2, -0.15) is 4.98 Å². The highest BCUT2D eigenvalue weighted by Crippen LogP contribution is 2.21. The Bertz CT molecular complexity index is 881. The minimum absolute atomic E-state index is 0.789. The molecule has 2 aromatic carbocycles. The van der Waals surface area contributed by atoms with Crippen molar-refractivity contribution in [3.05, 3.63) is 71.9 Å². The summed E-state index contributed by atoms with van der Waals surface area (Å²) in [6.07, 6.45) is 1.83. The zero-order valence-corrected chi connectivity index (χ0v) is 15.9. The van der Waals surface area contributed by atoms with E-state index in [-0.39, 0.29) is 0 Å². The molecule has 0 atom stereocenters. The summed E-state index contributed by atoms with van der Waals surface area (Å²) in [5, 5.41) is 3.41. The van der Waals surface area contributed by atoms with E-state index in [0.717, 1.165) is 43.6 Å². The number of piperazine rings is 1. The third-order valence-corrected chi connectivity index (χ3v) is 4.82. The van der Waals surface area contributed by atoms with Gasteiger partial charge in [0.05, 0.1) is 0 Å². The standard InChI is InChI=1S/C22H25N5/c1-17-14-18(2)16-19(15-17)24-21-8-9-23-22(25-21)27-12-10-26(11-13-27)20-6-4-3-5-7-20/h3-9,14-16H,10-13H2,1-2H3,(H,23,24,25). The Kier molecular flexibility index (Phi) is 4.92. The van der Waals surface area contributed by atoms with E-state index in [2.05, 4.69) is 82.5 Å². The summed E-state index contributed by atoms with van der Waals surface area (Å²) in [7, 11) is 0. The number of anilines is 4. The van der Waals surface area contributed by atoms with Crippen molar-refractivity contribution < 1.29 is 0 Å². The second kappa shape index (κ2) is 7.66. The van der Waals surface area contributed by atoms with Crippen LogP contribution in [-0.4, -0.2) is 36.1 Å². The van der Waals surface area contributed by atoms with Gasteiger partial charge in [-0.25, -0.2) is 4.98 Å². The number of hydrogen-bond donors (Lipinski definition) is 1. The van der Waals surface area contributed by atoms with Crippen molar-refractivity contribution in [2.75, 3.05) is 41.3 Å². The highest BCUT2D eigenvalue weighted by Gasteiger charge is 2.19. The lowest BCUT2D eigenvalue weighted by atomic mass is 10.1. The zero-order valence-electron chi connectivity index (χ0n) is 15.9. The summed E-state index contributed by atoms with van der Waals surface area (Å²) in [6, 6.07) is 18.9. The molecule has 1 fully saturated rings. The van der Waals surface area contributed by atoms with Crippen molar-refractivity contribution in [1.29, 1.82) is 0 Å². The van der Waals surface area contributed by atoms with E-state index in [1.165, 1.54) is 16.8 Å². The Morgan fingerprint density at radius 2 is 1.48 bits per heavy atom. The Morgan fingerprint density at radius 3 is 2.19 bits per heavy atom. The Labute approximate surface area is 160 Å². The molecule has 1 N–H and O–H groups in total. The van der Waals surface area contributed by atoms with Crippen molar-refractivity contribution >= 4 is 23.1 Å². The molecule has 1 aliphatic heterocycles. The number of para-hydroxylation sites is 1. The molecule has 0 unspecified atom stereocenters. The highest BCUT2D eigenvalue weighted by molar-refractivity contribution is 5.59. The van der Waals surface area contributed by atoms with Crippen LogP contribution in [0.15, 0.2) is 60.8 Å². The molecule has 0 bridgehead atoms. The molecule has 0 amide bonds. The first-order valence-electron chi connectivity index (χ1n) is 9.41. The molecule has 3 aromatic rings. The summed E-state index contributed by atoms with van der Waals surface area (Å²) in [6.45, 7) is 8.00. The molecule has 1 aliphatic rings. The largest absolute Gasteiger partial charge is 0.368 e. The van der Waals surface area contributed by atoms with Crippen molar-refractivity contribution in [2.45, 2.75) is 13.8 Å². The van der Waals surface area contributed by atoms with E-state index >= 15 is 0 Å². The van der Waals surface area contributed by atoms with Gasteiger partial charge in [-0.15, -0.1) is 0 Å². The maximum atomic E-state index is 4.73. The van der Waals surface area contributed by atoms with Crippen LogP contribution < -0.4 is 15.1 Å². The molecular formula is C22H25N5. The fourth-order valence-electron chi connectivity index (χ4n) is 3.57. The van der Waals surface area contributed by atoms with Gasteiger partial charge in [0, 0.05) is 43.8 Å². The second-order valence-electron chi connectivity index (χ2n) is 7.05. The van der Waals surface area contributed by atoms with E-state index < -0.39 is 0 Å². The van der Waals surface area contributed by atoms with Crippen LogP contribution in [0.5, 0.6) is 0 Å². The van der Waals surface area contributed by atoms with Crippen LogP contribution in [0.2, 0.25) is 0 Å². The minimum Gasteiger partial charge on any atom is -0.368 e. The van der Waals surface area contributed by atoms with Crippen LogP contribution in [0.1, 0.15) is 11.1 Å². The van der Waals surface area contributed by atoms with Crippen LogP contribution in [0.4, 0.5) is 23.1 Å². The summed E-state index contributed by atoms with van der Waals surface area (Å²) in [5.41, 5.74) is 4.82. The fourth-order valence-corrected chi connectivity index (χ4v) is 3.57. The highest BCUT2D eigenvalue weighted by atomic mass is 15.3. The lowest BCUT2D eigenvalue weighted by Crippen LogP contribution is -2.47. The second-order valence-corrected chi connectivity index (χ2v) is 7.05. The molecule has 0 spiro atoms. The average molecular weight is 359 g/mol. The topological polar surface area (TPSA) is 44.3 Å². The normalized spacial score (nSPS) is 14.3. The number of benzene rings is 2. The maximum absolute atomic E-state index is 4.73. The summed E-state index contributed by atoms with van der Waals surface area (Å²) in [5.74, 6) is 1.62. The van der Waals surface area contributed by atoms with E-state index in [1.54, 1.807) is 0 Å². The van der Waals surface area contributed by atoms with Gasteiger partial charge in [0.1, 0.15) is 5.82 Å². The molecule has 2 heterocycles. The van der Waals surface area contributed by atoms with Gasteiger partial charge in [-0.1, -0.05) is 24.3 Å². The predicted molar refractivity (Wildman–Crippen MR) is 112 cm³/mol. The number of nitrogens with one attached hydrogen (secondary N) is 1. The third kappa shape index (κ3) is 4.19. The van der Waals surface area contributed by atoms with Crippen LogP contribution >= 0.6 is 0 Å². The van der Waals surface area contributed by atoms with Gasteiger partial charge in [-0.3, -0.25) is 0 Å². The number of nitrogens with zero attached hydrogens (tertiary/aromatic N) is 4. The quantitative estimate of drug-likeness (QED) is 0.758. The van der Waals surface area contributed by atoms with Crippen molar-refractivity contribution in [2.24, 2.45) is 0 Å². The molecule has 0 radical (unpaired) electrons. The summed E-state index contributed by atoms with van der Waals surface area (Å²) < 4.78 is 0. The van der Waals surface area contributed by atoms with E-state index in [4.69, 9.17) is 4.98 Å². The maximum Gasteiger partial charge on any atom is 0.227 e. The van der Waals surface area contributed by atoms with Crippen LogP contribution in [0, 0.1) is 13.8 Å². The molecule has 27 heavy (non-hydrogen) atoms. The predicted octanol–water partition coefficient (Wildman–Crippen LogP) is 4.16. The number of hydrogen-bond acceptors (Lipinski definition) is 5. The fraction of sp³-hybridized carbons (Fsp3) is 0.273. The van der Waals surface area contributed by atoms with Gasteiger partial charge in [-0.05, 0) is 55.3 Å². The molecule has 0 aliphatic carbocycles. The van der Waals surface area contributed by atoms with Crippen molar-refractivity contribution in [1.82, 2.24) is 9.97 Å². The molecule has 1 saturated heterocycles. The monoisotopic (exact) mass is 359 g/mol. The van der Waals surface area contributed by atoms with Crippen LogP contribution in [-0.2, 0) is 0 Å². The Hall–Kier alpha value is -3.08. The third-order valence-electron chi connectivity index (χ3n) is 4.82. The molecule has 0 saturated carbocycles. The van der Waals surface area contributed by atoms with Crippen LogP contribution in [0.25, 0.3) is 0 Å². The molecule has 5 nitrogen and oxygen atoms in total. The number of aromatic nitrogens is 2. The van der Waals surface area contributed by atoms with E-state index in [0.29, 0.717) is 0 Å². The average Bonchev–Trinajstić information content (AvgIpc) is 2.68. The molecule has 4 rings (SSSR count). The van der Waals surface area contributed by atoms with Gasteiger partial charge in [0.25, 0.3) is 0 Å². The lowest BCUT2D eigenvalue weighted by Gasteiger charge is -2.36. The molecule has 1 aromatic heterocycles. The van der Waals surface area contributed by atoms with E-state index in [1.807, 2.05) is 12.3 Å². The van der Waals surface area contributed by atoms with Crippen molar-refractivity contribution in [3.63, 3.8) is 0 Å². The lowest BCUT2D eigenvalue weighted by molar-refractivity contribution is 0.640. The van der Waals surface area contributed by atoms with Gasteiger partial charge < -0.3 is 15.1 Å². The molecule has 5 heteroatoms. The summed E-state index contributed by atoms with van der Waals surface area (Å²) >= 11 is 0.